The Morgan fingerprint density at radius 3 is 2.26 bits per heavy atom. The number of unbranched alkanes of at least 4 members (excludes halogenated alkanes) is 2. The van der Waals surface area contributed by atoms with Crippen molar-refractivity contribution in [3.8, 4) is 28.4 Å². The minimum atomic E-state index is -1.36. The number of hydrogen-bond donors (Lipinski definition) is 2. The molecule has 1 aliphatic heterocycles. The Morgan fingerprint density at radius 1 is 0.848 bits per heavy atom. The van der Waals surface area contributed by atoms with E-state index < -0.39 is 23.3 Å². The van der Waals surface area contributed by atoms with Gasteiger partial charge in [-0.3, -0.25) is 4.79 Å². The summed E-state index contributed by atoms with van der Waals surface area (Å²) in [5.41, 5.74) is 5.03. The van der Waals surface area contributed by atoms with Crippen molar-refractivity contribution >= 4 is 22.4 Å². The lowest BCUT2D eigenvalue weighted by Crippen LogP contribution is -2.70. The molecule has 1 fully saturated rings. The molecule has 1 heterocycles. The van der Waals surface area contributed by atoms with Gasteiger partial charge in [-0.15, -0.1) is 6.58 Å². The van der Waals surface area contributed by atoms with Gasteiger partial charge in [0.25, 0.3) is 5.91 Å². The highest BCUT2D eigenvalue weighted by Gasteiger charge is 2.65. The molecule has 2 aliphatic carbocycles. The number of fused-ring (bicyclic) bond motifs is 3. The number of oxime groups is 1. The Bertz CT molecular complexity index is 2510. The lowest BCUT2D eigenvalue weighted by atomic mass is 9.55. The molecule has 0 aromatic heterocycles. The van der Waals surface area contributed by atoms with Gasteiger partial charge in [0.2, 0.25) is 5.79 Å². The molecule has 66 heavy (non-hydrogen) atoms. The van der Waals surface area contributed by atoms with Crippen LogP contribution >= 0.6 is 0 Å². The van der Waals surface area contributed by atoms with Crippen LogP contribution in [0.15, 0.2) is 145 Å². The number of carbonyl (C=O) groups excluding carboxylic acids is 1. The molecule has 0 radical (unpaired) electrons. The second-order valence-corrected chi connectivity index (χ2v) is 19.0. The van der Waals surface area contributed by atoms with Crippen LogP contribution in [0.1, 0.15) is 101 Å². The van der Waals surface area contributed by atoms with E-state index >= 15 is 4.79 Å². The smallest absolute Gasteiger partial charge is 0.254 e. The zero-order valence-electron chi connectivity index (χ0n) is 39.0. The van der Waals surface area contributed by atoms with E-state index in [-0.39, 0.29) is 43.5 Å². The van der Waals surface area contributed by atoms with Crippen molar-refractivity contribution in [3.63, 3.8) is 0 Å². The molecule has 9 heteroatoms. The monoisotopic (exact) mass is 890 g/mol. The van der Waals surface area contributed by atoms with Crippen LogP contribution in [0.25, 0.3) is 21.9 Å². The van der Waals surface area contributed by atoms with E-state index in [1.165, 1.54) is 0 Å². The number of aliphatic hydroxyl groups excluding tert-OH is 2. The summed E-state index contributed by atoms with van der Waals surface area (Å²) in [6.07, 6.45) is 9.91. The SMILES string of the molecule is C=CCOC12Oc3ccc(Oc4ccc(-c5ccccc5)cc4)cc3C3C(CCCCO)C(CCCCO)C=C(C(=NOC(C)(C)C)CC1N(CCC)C(=O)c1ccc4ccccc4c1)C32. The summed E-state index contributed by atoms with van der Waals surface area (Å²) in [5.74, 6) is 0.192. The van der Waals surface area contributed by atoms with Crippen LogP contribution in [0, 0.1) is 17.8 Å². The van der Waals surface area contributed by atoms with Crippen LogP contribution in [-0.4, -0.2) is 70.5 Å². The third-order valence-corrected chi connectivity index (χ3v) is 13.4. The van der Waals surface area contributed by atoms with Crippen molar-refractivity contribution in [1.29, 1.82) is 0 Å². The fraction of sp³-hybridized carbons (Fsp3) is 0.404. The molecule has 346 valence electrons. The van der Waals surface area contributed by atoms with Crippen molar-refractivity contribution in [2.24, 2.45) is 22.9 Å². The average Bonchev–Trinajstić information content (AvgIpc) is 3.33. The molecular weight excluding hydrogens is 825 g/mol. The van der Waals surface area contributed by atoms with Crippen molar-refractivity contribution in [2.75, 3.05) is 26.4 Å². The Labute approximate surface area is 390 Å². The summed E-state index contributed by atoms with van der Waals surface area (Å²) in [4.78, 5) is 23.6. The molecule has 9 nitrogen and oxygen atoms in total. The van der Waals surface area contributed by atoms with Crippen LogP contribution in [0.3, 0.4) is 0 Å². The first-order valence-corrected chi connectivity index (χ1v) is 24.0. The minimum absolute atomic E-state index is 0.0816. The van der Waals surface area contributed by atoms with Crippen LogP contribution in [0.4, 0.5) is 0 Å². The Hall–Kier alpha value is -5.74. The van der Waals surface area contributed by atoms with Gasteiger partial charge in [-0.05, 0) is 135 Å². The fourth-order valence-electron chi connectivity index (χ4n) is 10.5. The zero-order chi connectivity index (χ0) is 46.3. The van der Waals surface area contributed by atoms with Gasteiger partial charge in [0.1, 0.15) is 28.9 Å². The summed E-state index contributed by atoms with van der Waals surface area (Å²) in [7, 11) is 0. The number of ether oxygens (including phenoxy) is 3. The Balaban J connectivity index is 1.31. The average molecular weight is 891 g/mol. The van der Waals surface area contributed by atoms with Gasteiger partial charge >= 0.3 is 0 Å². The van der Waals surface area contributed by atoms with E-state index in [9.17, 15) is 10.2 Å². The van der Waals surface area contributed by atoms with Gasteiger partial charge < -0.3 is 34.2 Å². The van der Waals surface area contributed by atoms with Crippen LogP contribution in [0.5, 0.6) is 17.2 Å². The molecule has 0 saturated heterocycles. The first-order chi connectivity index (χ1) is 32.1. The molecule has 6 unspecified atom stereocenters. The van der Waals surface area contributed by atoms with Crippen molar-refractivity contribution in [3.05, 3.63) is 151 Å². The molecule has 1 amide bonds. The maximum atomic E-state index is 15.3. The molecular formula is C57H66N2O7. The number of amides is 1. The number of hydrogen-bond acceptors (Lipinski definition) is 8. The first kappa shape index (κ1) is 46.8. The lowest BCUT2D eigenvalue weighted by Gasteiger charge is -2.60. The normalized spacial score (nSPS) is 22.7. The van der Waals surface area contributed by atoms with Crippen molar-refractivity contribution in [1.82, 2.24) is 4.90 Å². The summed E-state index contributed by atoms with van der Waals surface area (Å²) < 4.78 is 21.4. The summed E-state index contributed by atoms with van der Waals surface area (Å²) in [6.45, 7) is 13.0. The largest absolute Gasteiger partial charge is 0.459 e. The molecule has 8 rings (SSSR count). The van der Waals surface area contributed by atoms with Crippen LogP contribution < -0.4 is 9.47 Å². The molecule has 3 aliphatic rings. The van der Waals surface area contributed by atoms with Gasteiger partial charge in [-0.25, -0.2) is 0 Å². The third kappa shape index (κ3) is 9.99. The molecule has 5 aromatic carbocycles. The lowest BCUT2D eigenvalue weighted by molar-refractivity contribution is -0.254. The Kier molecular flexibility index (Phi) is 14.8. The van der Waals surface area contributed by atoms with Gasteiger partial charge in [-0.1, -0.05) is 110 Å². The number of aliphatic hydroxyl groups is 2. The van der Waals surface area contributed by atoms with E-state index in [2.05, 4.69) is 56.0 Å². The summed E-state index contributed by atoms with van der Waals surface area (Å²) in [6, 6.07) is 37.9. The standard InChI is InChI=1S/C57H66N2O7/c1-6-31-59(55(62)44-24-23-40-19-11-12-20-42(40)35-44)52-38-50(58-66-56(3,4)5)48-36-43(21-13-15-32-60)47(22-14-16-33-61)53-49-37-46(29-30-51(49)65-57(52,54(48)53)63-34-7-2)64-45-27-25-41(26-28-45)39-17-9-8-10-18-39/h7-12,17-20,23-30,35-37,43,47,52-54,60-61H,2,6,13-16,21-22,31-34,38H2,1,3-5H3. The highest BCUT2D eigenvalue weighted by molar-refractivity contribution is 6.04. The van der Waals surface area contributed by atoms with E-state index in [0.717, 1.165) is 70.2 Å². The van der Waals surface area contributed by atoms with Gasteiger partial charge in [-0.2, -0.15) is 0 Å². The second kappa shape index (κ2) is 20.8. The van der Waals surface area contributed by atoms with Gasteiger partial charge in [0.05, 0.1) is 18.2 Å². The number of allylic oxidation sites excluding steroid dienone is 1. The molecule has 5 aromatic rings. The van der Waals surface area contributed by atoms with E-state index in [1.54, 1.807) is 6.08 Å². The maximum Gasteiger partial charge on any atom is 0.254 e. The molecule has 0 spiro atoms. The fourth-order valence-corrected chi connectivity index (χ4v) is 10.5. The van der Waals surface area contributed by atoms with Crippen molar-refractivity contribution in [2.45, 2.75) is 102 Å². The predicted molar refractivity (Wildman–Crippen MR) is 263 cm³/mol. The Morgan fingerprint density at radius 2 is 1.55 bits per heavy atom. The number of carbonyl (C=O) groups is 1. The highest BCUT2D eigenvalue weighted by Crippen LogP contribution is 2.62. The maximum absolute atomic E-state index is 15.3. The predicted octanol–water partition coefficient (Wildman–Crippen LogP) is 12.3. The quantitative estimate of drug-likeness (QED) is 0.0483. The van der Waals surface area contributed by atoms with Crippen LogP contribution in [-0.2, 0) is 9.57 Å². The second-order valence-electron chi connectivity index (χ2n) is 19.0. The van der Waals surface area contributed by atoms with E-state index in [1.807, 2.05) is 105 Å². The third-order valence-electron chi connectivity index (χ3n) is 13.4. The topological polar surface area (TPSA) is 110 Å². The molecule has 2 N–H and O–H groups in total. The number of nitrogens with zero attached hydrogens (tertiary/aromatic N) is 2. The summed E-state index contributed by atoms with van der Waals surface area (Å²) in [5, 5.41) is 27.1. The zero-order valence-corrected chi connectivity index (χ0v) is 39.0. The first-order valence-electron chi connectivity index (χ1n) is 24.0. The molecule has 6 atom stereocenters. The van der Waals surface area contributed by atoms with Crippen LogP contribution in [0.2, 0.25) is 0 Å². The number of rotatable bonds is 19. The van der Waals surface area contributed by atoms with Crippen molar-refractivity contribution < 1.29 is 34.1 Å². The van der Waals surface area contributed by atoms with Gasteiger partial charge in [0, 0.05) is 43.2 Å². The molecule has 0 bridgehead atoms. The van der Waals surface area contributed by atoms with E-state index in [4.69, 9.17) is 24.2 Å². The number of benzene rings is 5. The minimum Gasteiger partial charge on any atom is -0.459 e. The highest BCUT2D eigenvalue weighted by atomic mass is 16.7. The van der Waals surface area contributed by atoms with Gasteiger partial charge in [0.15, 0.2) is 0 Å². The summed E-state index contributed by atoms with van der Waals surface area (Å²) >= 11 is 0. The molecule has 1 saturated carbocycles. The van der Waals surface area contributed by atoms with E-state index in [0.29, 0.717) is 49.3 Å².